The van der Waals surface area contributed by atoms with Crippen molar-refractivity contribution in [2.75, 3.05) is 5.73 Å². The SMILES string of the molecule is Cc1ccc(-n2nc(C(F)(F)F)nc2N)c(C2CC2)c1. The lowest BCUT2D eigenvalue weighted by Gasteiger charge is -2.10. The molecule has 0 bridgehead atoms. The quantitative estimate of drug-likeness (QED) is 0.921. The molecule has 1 aliphatic carbocycles. The molecular weight excluding hydrogens is 269 g/mol. The highest BCUT2D eigenvalue weighted by Gasteiger charge is 2.37. The summed E-state index contributed by atoms with van der Waals surface area (Å²) in [6.45, 7) is 1.95. The molecule has 0 unspecified atom stereocenters. The van der Waals surface area contributed by atoms with Crippen molar-refractivity contribution >= 4 is 5.95 Å². The van der Waals surface area contributed by atoms with Gasteiger partial charge in [0.1, 0.15) is 0 Å². The molecule has 1 heterocycles. The number of nitrogens with zero attached hydrogens (tertiary/aromatic N) is 3. The molecule has 0 saturated heterocycles. The number of nitrogen functional groups attached to an aromatic ring is 1. The summed E-state index contributed by atoms with van der Waals surface area (Å²) in [4.78, 5) is 3.31. The minimum atomic E-state index is -4.59. The summed E-state index contributed by atoms with van der Waals surface area (Å²) in [5.41, 5.74) is 8.21. The second-order valence-electron chi connectivity index (χ2n) is 5.04. The first kappa shape index (κ1) is 13.0. The van der Waals surface area contributed by atoms with Gasteiger partial charge in [-0.05, 0) is 37.3 Å². The van der Waals surface area contributed by atoms with Gasteiger partial charge in [0.15, 0.2) is 0 Å². The van der Waals surface area contributed by atoms with Crippen molar-refractivity contribution in [3.05, 3.63) is 35.2 Å². The Balaban J connectivity index is 2.12. The maximum absolute atomic E-state index is 12.6. The molecule has 1 aromatic carbocycles. The van der Waals surface area contributed by atoms with Gasteiger partial charge in [-0.2, -0.15) is 22.8 Å². The highest BCUT2D eigenvalue weighted by Crippen LogP contribution is 2.43. The Morgan fingerprint density at radius 3 is 2.55 bits per heavy atom. The molecule has 0 atom stereocenters. The summed E-state index contributed by atoms with van der Waals surface area (Å²) in [5, 5.41) is 3.51. The summed E-state index contributed by atoms with van der Waals surface area (Å²) >= 11 is 0. The normalized spacial score (nSPS) is 15.6. The highest BCUT2D eigenvalue weighted by atomic mass is 19.4. The fourth-order valence-corrected chi connectivity index (χ4v) is 2.21. The Bertz CT molecular complexity index is 656. The third kappa shape index (κ3) is 2.23. The van der Waals surface area contributed by atoms with Gasteiger partial charge in [-0.3, -0.25) is 0 Å². The van der Waals surface area contributed by atoms with Crippen LogP contribution in [0.1, 0.15) is 35.7 Å². The van der Waals surface area contributed by atoms with Crippen LogP contribution in [0, 0.1) is 6.92 Å². The average Bonchev–Trinajstić information content (AvgIpc) is 3.12. The van der Waals surface area contributed by atoms with E-state index in [1.807, 2.05) is 19.1 Å². The van der Waals surface area contributed by atoms with Crippen LogP contribution in [0.25, 0.3) is 5.69 Å². The van der Waals surface area contributed by atoms with Gasteiger partial charge in [0.2, 0.25) is 5.95 Å². The van der Waals surface area contributed by atoms with Crippen LogP contribution >= 0.6 is 0 Å². The first-order valence-corrected chi connectivity index (χ1v) is 6.27. The molecule has 1 saturated carbocycles. The van der Waals surface area contributed by atoms with Gasteiger partial charge in [0, 0.05) is 0 Å². The Kier molecular flexibility index (Phi) is 2.74. The lowest BCUT2D eigenvalue weighted by atomic mass is 10.1. The number of aryl methyl sites for hydroxylation is 1. The number of anilines is 1. The van der Waals surface area contributed by atoms with Crippen LogP contribution in [-0.2, 0) is 6.18 Å². The highest BCUT2D eigenvalue weighted by molar-refractivity contribution is 5.49. The third-order valence-electron chi connectivity index (χ3n) is 3.31. The van der Waals surface area contributed by atoms with Gasteiger partial charge < -0.3 is 5.73 Å². The van der Waals surface area contributed by atoms with Crippen LogP contribution < -0.4 is 5.73 Å². The maximum atomic E-state index is 12.6. The van der Waals surface area contributed by atoms with Crippen molar-refractivity contribution in [3.8, 4) is 5.69 Å². The molecule has 2 N–H and O–H groups in total. The molecule has 4 nitrogen and oxygen atoms in total. The molecule has 1 aromatic heterocycles. The van der Waals surface area contributed by atoms with E-state index in [9.17, 15) is 13.2 Å². The first-order chi connectivity index (χ1) is 9.36. The van der Waals surface area contributed by atoms with Crippen molar-refractivity contribution < 1.29 is 13.2 Å². The predicted molar refractivity (Wildman–Crippen MR) is 67.5 cm³/mol. The zero-order valence-corrected chi connectivity index (χ0v) is 10.8. The van der Waals surface area contributed by atoms with Crippen LogP contribution in [0.4, 0.5) is 19.1 Å². The molecule has 0 amide bonds. The molecule has 0 spiro atoms. The van der Waals surface area contributed by atoms with E-state index in [4.69, 9.17) is 5.73 Å². The van der Waals surface area contributed by atoms with Crippen molar-refractivity contribution in [3.63, 3.8) is 0 Å². The smallest absolute Gasteiger partial charge is 0.368 e. The van der Waals surface area contributed by atoms with E-state index < -0.39 is 12.0 Å². The Labute approximate surface area is 113 Å². The Morgan fingerprint density at radius 1 is 1.30 bits per heavy atom. The van der Waals surface area contributed by atoms with Crippen molar-refractivity contribution in [2.45, 2.75) is 31.9 Å². The lowest BCUT2D eigenvalue weighted by molar-refractivity contribution is -0.144. The number of nitrogens with two attached hydrogens (primary N) is 1. The summed E-state index contributed by atoms with van der Waals surface area (Å²) in [6.07, 6.45) is -2.52. The molecule has 1 fully saturated rings. The summed E-state index contributed by atoms with van der Waals surface area (Å²) in [5.74, 6) is -1.08. The molecule has 106 valence electrons. The Hall–Kier alpha value is -2.05. The van der Waals surface area contributed by atoms with Gasteiger partial charge in [-0.25, -0.2) is 0 Å². The lowest BCUT2D eigenvalue weighted by Crippen LogP contribution is -2.09. The molecule has 1 aliphatic rings. The van der Waals surface area contributed by atoms with Crippen LogP contribution in [0.2, 0.25) is 0 Å². The van der Waals surface area contributed by atoms with Crippen LogP contribution in [0.5, 0.6) is 0 Å². The van der Waals surface area contributed by atoms with Crippen molar-refractivity contribution in [1.29, 1.82) is 0 Å². The third-order valence-corrected chi connectivity index (χ3v) is 3.31. The van der Waals surface area contributed by atoms with Gasteiger partial charge in [-0.15, -0.1) is 5.10 Å². The van der Waals surface area contributed by atoms with Crippen LogP contribution in [0.15, 0.2) is 18.2 Å². The summed E-state index contributed by atoms with van der Waals surface area (Å²) in [6, 6.07) is 5.55. The zero-order valence-electron chi connectivity index (χ0n) is 10.8. The van der Waals surface area contributed by atoms with Gasteiger partial charge in [-0.1, -0.05) is 17.7 Å². The molecule has 20 heavy (non-hydrogen) atoms. The fraction of sp³-hybridized carbons (Fsp3) is 0.385. The first-order valence-electron chi connectivity index (χ1n) is 6.27. The predicted octanol–water partition coefficient (Wildman–Crippen LogP) is 3.05. The fourth-order valence-electron chi connectivity index (χ4n) is 2.21. The second-order valence-corrected chi connectivity index (χ2v) is 5.04. The Morgan fingerprint density at radius 2 is 2.00 bits per heavy atom. The molecule has 0 radical (unpaired) electrons. The van der Waals surface area contributed by atoms with E-state index >= 15 is 0 Å². The van der Waals surface area contributed by atoms with E-state index in [1.54, 1.807) is 6.07 Å². The van der Waals surface area contributed by atoms with E-state index in [2.05, 4.69) is 10.1 Å². The van der Waals surface area contributed by atoms with E-state index in [0.717, 1.165) is 28.7 Å². The summed E-state index contributed by atoms with van der Waals surface area (Å²) in [7, 11) is 0. The number of rotatable bonds is 2. The number of halogens is 3. The minimum Gasteiger partial charge on any atom is -0.368 e. The van der Waals surface area contributed by atoms with Crippen LogP contribution in [-0.4, -0.2) is 14.8 Å². The van der Waals surface area contributed by atoms with E-state index in [-0.39, 0.29) is 5.95 Å². The molecular formula is C13H13F3N4. The molecule has 7 heteroatoms. The zero-order chi connectivity index (χ0) is 14.5. The minimum absolute atomic E-state index is 0.247. The number of hydrogen-bond donors (Lipinski definition) is 1. The topological polar surface area (TPSA) is 56.7 Å². The largest absolute Gasteiger partial charge is 0.453 e. The number of benzene rings is 1. The average molecular weight is 282 g/mol. The molecule has 0 aliphatic heterocycles. The van der Waals surface area contributed by atoms with Crippen molar-refractivity contribution in [2.24, 2.45) is 0 Å². The maximum Gasteiger partial charge on any atom is 0.453 e. The monoisotopic (exact) mass is 282 g/mol. The van der Waals surface area contributed by atoms with Gasteiger partial charge >= 0.3 is 6.18 Å². The van der Waals surface area contributed by atoms with Crippen molar-refractivity contribution in [1.82, 2.24) is 14.8 Å². The number of aromatic nitrogens is 3. The van der Waals surface area contributed by atoms with E-state index in [1.165, 1.54) is 0 Å². The second kappa shape index (κ2) is 4.22. The standard InChI is InChI=1S/C13H13F3N4/c1-7-2-5-10(9(6-7)8-3-4-8)20-12(17)18-11(19-20)13(14,15)16/h2,5-6,8H,3-4H2,1H3,(H2,17,18,19). The van der Waals surface area contributed by atoms with E-state index in [0.29, 0.717) is 11.6 Å². The van der Waals surface area contributed by atoms with Gasteiger partial charge in [0.25, 0.3) is 5.82 Å². The number of alkyl halides is 3. The summed E-state index contributed by atoms with van der Waals surface area (Å²) < 4.78 is 39.0. The van der Waals surface area contributed by atoms with Gasteiger partial charge in [0.05, 0.1) is 5.69 Å². The van der Waals surface area contributed by atoms with Crippen LogP contribution in [0.3, 0.4) is 0 Å². The molecule has 3 rings (SSSR count). The molecule has 2 aromatic rings. The number of hydrogen-bond acceptors (Lipinski definition) is 3.